The van der Waals surface area contributed by atoms with Crippen LogP contribution in [0.2, 0.25) is 0 Å². The zero-order valence-corrected chi connectivity index (χ0v) is 8.14. The molecule has 2 nitrogen and oxygen atoms in total. The van der Waals surface area contributed by atoms with Gasteiger partial charge in [-0.25, -0.2) is 0 Å². The highest BCUT2D eigenvalue weighted by molar-refractivity contribution is 5.10. The van der Waals surface area contributed by atoms with E-state index in [-0.39, 0.29) is 0 Å². The summed E-state index contributed by atoms with van der Waals surface area (Å²) in [6, 6.07) is 2.35. The van der Waals surface area contributed by atoms with Gasteiger partial charge >= 0.3 is 0 Å². The smallest absolute Gasteiger partial charge is 0.107 e. The second-order valence-corrected chi connectivity index (χ2v) is 3.85. The Labute approximate surface area is 80.3 Å². The van der Waals surface area contributed by atoms with Crippen LogP contribution >= 0.6 is 0 Å². The predicted molar refractivity (Wildman–Crippen MR) is 52.8 cm³/mol. The molecule has 1 saturated carbocycles. The third-order valence-electron chi connectivity index (χ3n) is 2.96. The topological polar surface area (TPSA) is 35.8 Å². The third kappa shape index (κ3) is 2.23. The molecule has 0 spiro atoms. The van der Waals surface area contributed by atoms with Gasteiger partial charge in [0.05, 0.1) is 12.6 Å². The summed E-state index contributed by atoms with van der Waals surface area (Å²) in [6.07, 6.45) is 9.98. The lowest BCUT2D eigenvalue weighted by Crippen LogP contribution is -2.46. The van der Waals surface area contributed by atoms with Crippen LogP contribution in [0.15, 0.2) is 0 Å². The Morgan fingerprint density at radius 3 is 2.62 bits per heavy atom. The molecule has 2 heteroatoms. The van der Waals surface area contributed by atoms with Crippen molar-refractivity contribution in [3.05, 3.63) is 0 Å². The minimum atomic E-state index is -0.414. The van der Waals surface area contributed by atoms with E-state index in [1.165, 1.54) is 12.8 Å². The lowest BCUT2D eigenvalue weighted by atomic mass is 9.85. The molecule has 0 bridgehead atoms. The number of terminal acetylenes is 1. The highest BCUT2D eigenvalue weighted by Gasteiger charge is 2.35. The van der Waals surface area contributed by atoms with Gasteiger partial charge in [-0.3, -0.25) is 5.32 Å². The molecule has 70 valence electrons. The van der Waals surface area contributed by atoms with Crippen molar-refractivity contribution < 1.29 is 0 Å². The lowest BCUT2D eigenvalue weighted by Gasteiger charge is -2.28. The van der Waals surface area contributed by atoms with Crippen LogP contribution in [-0.4, -0.2) is 12.1 Å². The molecule has 0 heterocycles. The van der Waals surface area contributed by atoms with Gasteiger partial charge in [0.1, 0.15) is 5.54 Å². The summed E-state index contributed by atoms with van der Waals surface area (Å²) in [5.74, 6) is 3.00. The third-order valence-corrected chi connectivity index (χ3v) is 2.96. The molecule has 1 N–H and O–H groups in total. The molecule has 1 aliphatic rings. The summed E-state index contributed by atoms with van der Waals surface area (Å²) < 4.78 is 0. The van der Waals surface area contributed by atoms with Gasteiger partial charge in [-0.05, 0) is 25.7 Å². The van der Waals surface area contributed by atoms with Gasteiger partial charge in [-0.1, -0.05) is 18.8 Å². The van der Waals surface area contributed by atoms with E-state index >= 15 is 0 Å². The summed E-state index contributed by atoms with van der Waals surface area (Å²) in [4.78, 5) is 0. The van der Waals surface area contributed by atoms with Crippen molar-refractivity contribution in [2.75, 3.05) is 6.54 Å². The molecule has 0 aliphatic heterocycles. The largest absolute Gasteiger partial charge is 0.288 e. The normalized spacial score (nSPS) is 21.8. The van der Waals surface area contributed by atoms with Crippen molar-refractivity contribution in [3.63, 3.8) is 0 Å². The van der Waals surface area contributed by atoms with E-state index in [4.69, 9.17) is 11.7 Å². The molecule has 1 atom stereocenters. The highest BCUT2D eigenvalue weighted by Crippen LogP contribution is 2.33. The summed E-state index contributed by atoms with van der Waals surface area (Å²) in [6.45, 7) is 2.45. The first kappa shape index (κ1) is 10.1. The van der Waals surface area contributed by atoms with Crippen molar-refractivity contribution in [3.8, 4) is 18.4 Å². The Balaban J connectivity index is 2.58. The van der Waals surface area contributed by atoms with Crippen LogP contribution in [0.4, 0.5) is 0 Å². The van der Waals surface area contributed by atoms with Crippen molar-refractivity contribution in [1.29, 1.82) is 5.26 Å². The Morgan fingerprint density at radius 2 is 2.15 bits per heavy atom. The van der Waals surface area contributed by atoms with E-state index in [1.807, 2.05) is 6.92 Å². The minimum Gasteiger partial charge on any atom is -0.288 e. The van der Waals surface area contributed by atoms with Gasteiger partial charge in [0, 0.05) is 0 Å². The van der Waals surface area contributed by atoms with E-state index in [2.05, 4.69) is 17.3 Å². The van der Waals surface area contributed by atoms with Crippen LogP contribution in [0, 0.1) is 29.6 Å². The fourth-order valence-electron chi connectivity index (χ4n) is 2.01. The number of nitrogens with one attached hydrogen (secondary N) is 1. The van der Waals surface area contributed by atoms with Gasteiger partial charge in [0.15, 0.2) is 0 Å². The Hall–Kier alpha value is -0.990. The predicted octanol–water partition coefficient (Wildman–Crippen LogP) is 1.68. The summed E-state index contributed by atoms with van der Waals surface area (Å²) >= 11 is 0. The van der Waals surface area contributed by atoms with Crippen LogP contribution in [0.5, 0.6) is 0 Å². The van der Waals surface area contributed by atoms with E-state index in [0.717, 1.165) is 12.8 Å². The maximum absolute atomic E-state index is 9.09. The monoisotopic (exact) mass is 176 g/mol. The van der Waals surface area contributed by atoms with Crippen LogP contribution in [0.1, 0.15) is 32.6 Å². The van der Waals surface area contributed by atoms with Crippen LogP contribution in [-0.2, 0) is 0 Å². The summed E-state index contributed by atoms with van der Waals surface area (Å²) in [5.41, 5.74) is -0.414. The first-order valence-corrected chi connectivity index (χ1v) is 4.82. The van der Waals surface area contributed by atoms with Gasteiger partial charge in [-0.15, -0.1) is 6.42 Å². The standard InChI is InChI=1S/C11H16N2/c1-3-8-13-11(2,9-12)10-6-4-5-7-10/h1,10,13H,4-8H2,2H3. The average Bonchev–Trinajstić information content (AvgIpc) is 2.67. The molecule has 13 heavy (non-hydrogen) atoms. The van der Waals surface area contributed by atoms with Gasteiger partial charge in [0.25, 0.3) is 0 Å². The van der Waals surface area contributed by atoms with Gasteiger partial charge < -0.3 is 0 Å². The fourth-order valence-corrected chi connectivity index (χ4v) is 2.01. The lowest BCUT2D eigenvalue weighted by molar-refractivity contribution is 0.313. The molecule has 1 rings (SSSR count). The maximum atomic E-state index is 9.09. The second kappa shape index (κ2) is 4.30. The zero-order valence-electron chi connectivity index (χ0n) is 8.14. The number of nitrogens with zero attached hydrogens (tertiary/aromatic N) is 1. The number of hydrogen-bond donors (Lipinski definition) is 1. The molecular formula is C11H16N2. The number of rotatable bonds is 3. The molecule has 0 saturated heterocycles. The molecule has 0 radical (unpaired) electrons. The van der Waals surface area contributed by atoms with E-state index < -0.39 is 5.54 Å². The highest BCUT2D eigenvalue weighted by atomic mass is 15.0. The van der Waals surface area contributed by atoms with Gasteiger partial charge in [-0.2, -0.15) is 5.26 Å². The van der Waals surface area contributed by atoms with Crippen molar-refractivity contribution in [2.45, 2.75) is 38.1 Å². The second-order valence-electron chi connectivity index (χ2n) is 3.85. The number of nitriles is 1. The molecule has 0 aromatic heterocycles. The molecule has 0 amide bonds. The molecule has 1 aliphatic carbocycles. The van der Waals surface area contributed by atoms with Crippen molar-refractivity contribution >= 4 is 0 Å². The molecule has 0 aromatic rings. The van der Waals surface area contributed by atoms with Crippen molar-refractivity contribution in [2.24, 2.45) is 5.92 Å². The van der Waals surface area contributed by atoms with Gasteiger partial charge in [0.2, 0.25) is 0 Å². The van der Waals surface area contributed by atoms with Crippen LogP contribution < -0.4 is 5.32 Å². The SMILES string of the molecule is C#CCNC(C)(C#N)C1CCCC1. The quantitative estimate of drug-likeness (QED) is 0.664. The van der Waals surface area contributed by atoms with Crippen LogP contribution in [0.25, 0.3) is 0 Å². The van der Waals surface area contributed by atoms with E-state index in [1.54, 1.807) is 0 Å². The molecule has 0 aromatic carbocycles. The van der Waals surface area contributed by atoms with Crippen molar-refractivity contribution in [1.82, 2.24) is 5.32 Å². The zero-order chi connectivity index (χ0) is 9.73. The Morgan fingerprint density at radius 1 is 1.54 bits per heavy atom. The summed E-state index contributed by atoms with van der Waals surface area (Å²) in [5, 5.41) is 12.2. The van der Waals surface area contributed by atoms with E-state index in [0.29, 0.717) is 12.5 Å². The molecular weight excluding hydrogens is 160 g/mol. The Bertz CT molecular complexity index is 240. The Kier molecular flexibility index (Phi) is 3.34. The number of hydrogen-bond acceptors (Lipinski definition) is 2. The van der Waals surface area contributed by atoms with Crippen LogP contribution in [0.3, 0.4) is 0 Å². The molecule has 1 unspecified atom stereocenters. The average molecular weight is 176 g/mol. The fraction of sp³-hybridized carbons (Fsp3) is 0.727. The first-order chi connectivity index (χ1) is 6.23. The minimum absolute atomic E-state index is 0.414. The summed E-state index contributed by atoms with van der Waals surface area (Å²) in [7, 11) is 0. The maximum Gasteiger partial charge on any atom is 0.107 e. The molecule has 1 fully saturated rings. The first-order valence-electron chi connectivity index (χ1n) is 4.82. The van der Waals surface area contributed by atoms with E-state index in [9.17, 15) is 0 Å².